The first-order chi connectivity index (χ1) is 14.4. The van der Waals surface area contributed by atoms with E-state index in [1.165, 1.54) is 0 Å². The van der Waals surface area contributed by atoms with Crippen molar-refractivity contribution >= 4 is 23.2 Å². The molecule has 2 aliphatic rings. The predicted octanol–water partition coefficient (Wildman–Crippen LogP) is 3.58. The summed E-state index contributed by atoms with van der Waals surface area (Å²) in [6.07, 6.45) is 1.85. The zero-order valence-electron chi connectivity index (χ0n) is 18.3. The summed E-state index contributed by atoms with van der Waals surface area (Å²) in [5, 5.41) is 16.6. The molecule has 1 saturated heterocycles. The Balaban J connectivity index is 1.98. The molecule has 0 radical (unpaired) electrons. The van der Waals surface area contributed by atoms with E-state index in [-0.39, 0.29) is 11.1 Å². The maximum absolute atomic E-state index is 12.8. The SMILES string of the molecule is CCC(CC)COC(=O)/C(C#N)=C1\Nc2ccccc2N=C1N1CCNC(C)(C)C1. The van der Waals surface area contributed by atoms with Gasteiger partial charge in [-0.05, 0) is 31.9 Å². The van der Waals surface area contributed by atoms with Crippen LogP contribution in [0.3, 0.4) is 0 Å². The molecule has 2 heterocycles. The van der Waals surface area contributed by atoms with E-state index >= 15 is 0 Å². The third-order valence-corrected chi connectivity index (χ3v) is 5.66. The van der Waals surface area contributed by atoms with E-state index in [2.05, 4.69) is 49.3 Å². The number of fused-ring (bicyclic) bond motifs is 1. The quantitative estimate of drug-likeness (QED) is 0.439. The third kappa shape index (κ3) is 4.82. The number of rotatable bonds is 5. The van der Waals surface area contributed by atoms with Gasteiger partial charge in [0.05, 0.1) is 18.0 Å². The molecule has 30 heavy (non-hydrogen) atoms. The summed E-state index contributed by atoms with van der Waals surface area (Å²) in [7, 11) is 0. The van der Waals surface area contributed by atoms with Crippen LogP contribution in [0.15, 0.2) is 40.5 Å². The average Bonchev–Trinajstić information content (AvgIpc) is 2.73. The number of anilines is 1. The second kappa shape index (κ2) is 9.31. The van der Waals surface area contributed by atoms with Gasteiger partial charge in [0.25, 0.3) is 0 Å². The monoisotopic (exact) mass is 409 g/mol. The number of benzene rings is 1. The molecule has 0 atom stereocenters. The number of para-hydroxylation sites is 2. The van der Waals surface area contributed by atoms with Gasteiger partial charge >= 0.3 is 5.97 Å². The zero-order chi connectivity index (χ0) is 21.7. The number of carbonyl (C=O) groups is 1. The summed E-state index contributed by atoms with van der Waals surface area (Å²) >= 11 is 0. The number of amidine groups is 1. The van der Waals surface area contributed by atoms with E-state index in [0.717, 1.165) is 37.3 Å². The Bertz CT molecular complexity index is 893. The summed E-state index contributed by atoms with van der Waals surface area (Å²) in [4.78, 5) is 19.8. The van der Waals surface area contributed by atoms with Crippen molar-refractivity contribution in [3.8, 4) is 6.07 Å². The van der Waals surface area contributed by atoms with Gasteiger partial charge in [-0.25, -0.2) is 9.79 Å². The lowest BCUT2D eigenvalue weighted by molar-refractivity contribution is -0.140. The number of nitrogens with one attached hydrogen (secondary N) is 2. The van der Waals surface area contributed by atoms with Crippen LogP contribution in [0.1, 0.15) is 40.5 Å². The fourth-order valence-corrected chi connectivity index (χ4v) is 3.76. The molecule has 0 bridgehead atoms. The van der Waals surface area contributed by atoms with E-state index in [0.29, 0.717) is 30.6 Å². The number of piperazine rings is 1. The van der Waals surface area contributed by atoms with Gasteiger partial charge in [-0.2, -0.15) is 5.26 Å². The van der Waals surface area contributed by atoms with Crippen LogP contribution in [0.5, 0.6) is 0 Å². The van der Waals surface area contributed by atoms with Crippen LogP contribution in [0.4, 0.5) is 11.4 Å². The van der Waals surface area contributed by atoms with Crippen LogP contribution < -0.4 is 10.6 Å². The third-order valence-electron chi connectivity index (χ3n) is 5.66. The largest absolute Gasteiger partial charge is 0.461 e. The first-order valence-electron chi connectivity index (χ1n) is 10.6. The van der Waals surface area contributed by atoms with Crippen molar-refractivity contribution in [1.82, 2.24) is 10.2 Å². The smallest absolute Gasteiger partial charge is 0.351 e. The Morgan fingerprint density at radius 3 is 2.73 bits per heavy atom. The van der Waals surface area contributed by atoms with Crippen LogP contribution in [-0.4, -0.2) is 48.5 Å². The van der Waals surface area contributed by atoms with E-state index in [1.807, 2.05) is 24.3 Å². The number of aliphatic imine (C=N–C) groups is 1. The highest BCUT2D eigenvalue weighted by Gasteiger charge is 2.33. The fourth-order valence-electron chi connectivity index (χ4n) is 3.76. The van der Waals surface area contributed by atoms with Crippen molar-refractivity contribution in [2.45, 2.75) is 46.1 Å². The molecule has 7 nitrogen and oxygen atoms in total. The Morgan fingerprint density at radius 1 is 1.33 bits per heavy atom. The summed E-state index contributed by atoms with van der Waals surface area (Å²) in [6, 6.07) is 9.70. The Kier molecular flexibility index (Phi) is 6.78. The summed E-state index contributed by atoms with van der Waals surface area (Å²) in [6.45, 7) is 10.9. The molecule has 0 aromatic heterocycles. The minimum atomic E-state index is -0.603. The van der Waals surface area contributed by atoms with Crippen LogP contribution in [0.2, 0.25) is 0 Å². The van der Waals surface area contributed by atoms with Crippen LogP contribution in [0.25, 0.3) is 0 Å². The predicted molar refractivity (Wildman–Crippen MR) is 118 cm³/mol. The first kappa shape index (κ1) is 21.8. The Morgan fingerprint density at radius 2 is 2.07 bits per heavy atom. The van der Waals surface area contributed by atoms with E-state index < -0.39 is 5.97 Å². The topological polar surface area (TPSA) is 89.8 Å². The van der Waals surface area contributed by atoms with E-state index in [4.69, 9.17) is 9.73 Å². The maximum Gasteiger partial charge on any atom is 0.351 e. The molecular formula is C23H31N5O2. The summed E-state index contributed by atoms with van der Waals surface area (Å²) in [5.74, 6) is 0.300. The van der Waals surface area contributed by atoms with Gasteiger partial charge < -0.3 is 20.3 Å². The average molecular weight is 410 g/mol. The molecule has 160 valence electrons. The molecule has 0 amide bonds. The molecule has 0 saturated carbocycles. The number of esters is 1. The molecule has 1 aromatic carbocycles. The zero-order valence-corrected chi connectivity index (χ0v) is 18.3. The Labute approximate surface area is 178 Å². The minimum Gasteiger partial charge on any atom is -0.461 e. The first-order valence-corrected chi connectivity index (χ1v) is 10.6. The number of nitrogens with zero attached hydrogens (tertiary/aromatic N) is 3. The second-order valence-corrected chi connectivity index (χ2v) is 8.45. The van der Waals surface area contributed by atoms with Gasteiger partial charge in [-0.3, -0.25) is 0 Å². The van der Waals surface area contributed by atoms with E-state index in [9.17, 15) is 10.1 Å². The minimum absolute atomic E-state index is 0.0365. The lowest BCUT2D eigenvalue weighted by Gasteiger charge is -2.42. The molecule has 2 aliphatic heterocycles. The highest BCUT2D eigenvalue weighted by Crippen LogP contribution is 2.33. The van der Waals surface area contributed by atoms with Crippen molar-refractivity contribution in [2.24, 2.45) is 10.9 Å². The number of hydrogen-bond acceptors (Lipinski definition) is 7. The molecule has 0 unspecified atom stereocenters. The van der Waals surface area contributed by atoms with E-state index in [1.54, 1.807) is 0 Å². The van der Waals surface area contributed by atoms with Crippen LogP contribution in [-0.2, 0) is 9.53 Å². The highest BCUT2D eigenvalue weighted by atomic mass is 16.5. The Hall–Kier alpha value is -2.85. The van der Waals surface area contributed by atoms with Crippen LogP contribution in [0, 0.1) is 17.2 Å². The number of ether oxygens (including phenoxy) is 1. The van der Waals surface area contributed by atoms with Gasteiger partial charge in [-0.1, -0.05) is 38.8 Å². The fraction of sp³-hybridized carbons (Fsp3) is 0.522. The normalized spacial score (nSPS) is 19.3. The molecule has 0 spiro atoms. The van der Waals surface area contributed by atoms with Gasteiger partial charge in [0.15, 0.2) is 11.4 Å². The van der Waals surface area contributed by atoms with Gasteiger partial charge in [0, 0.05) is 25.2 Å². The van der Waals surface area contributed by atoms with Gasteiger partial charge in [-0.15, -0.1) is 0 Å². The lowest BCUT2D eigenvalue weighted by atomic mass is 10.0. The van der Waals surface area contributed by atoms with Gasteiger partial charge in [0.2, 0.25) is 0 Å². The maximum atomic E-state index is 12.8. The summed E-state index contributed by atoms with van der Waals surface area (Å²) in [5.41, 5.74) is 1.83. The molecule has 0 aliphatic carbocycles. The lowest BCUT2D eigenvalue weighted by Crippen LogP contribution is -2.59. The molecule has 1 fully saturated rings. The molecular weight excluding hydrogens is 378 g/mol. The van der Waals surface area contributed by atoms with Crippen LogP contribution >= 0.6 is 0 Å². The molecule has 2 N–H and O–H groups in total. The van der Waals surface area contributed by atoms with Crippen molar-refractivity contribution in [1.29, 1.82) is 5.26 Å². The number of hydrogen-bond donors (Lipinski definition) is 2. The molecule has 1 aromatic rings. The second-order valence-electron chi connectivity index (χ2n) is 8.45. The van der Waals surface area contributed by atoms with Crippen molar-refractivity contribution in [3.05, 3.63) is 35.5 Å². The molecule has 7 heteroatoms. The number of nitriles is 1. The summed E-state index contributed by atoms with van der Waals surface area (Å²) < 4.78 is 5.51. The van der Waals surface area contributed by atoms with Gasteiger partial charge in [0.1, 0.15) is 11.8 Å². The van der Waals surface area contributed by atoms with Crippen molar-refractivity contribution < 1.29 is 9.53 Å². The molecule has 3 rings (SSSR count). The highest BCUT2D eigenvalue weighted by molar-refractivity contribution is 6.12. The standard InChI is InChI=1S/C23H31N5O2/c1-5-16(6-2)14-30-22(29)17(13-24)20-21(28-12-11-25-23(3,4)15-28)27-19-10-8-7-9-18(19)26-20/h7-10,16,25-26H,5-6,11-12,14-15H2,1-4H3/b20-17-. The van der Waals surface area contributed by atoms with Crippen molar-refractivity contribution in [3.63, 3.8) is 0 Å². The van der Waals surface area contributed by atoms with Crippen molar-refractivity contribution in [2.75, 3.05) is 31.6 Å². The number of carbonyl (C=O) groups excluding carboxylic acids is 1.